The number of carbonyl (C=O) groups excluding carboxylic acids is 2. The summed E-state index contributed by atoms with van der Waals surface area (Å²) in [6.45, 7) is 12.9. The third-order valence-corrected chi connectivity index (χ3v) is 13.1. The fourth-order valence-electron chi connectivity index (χ4n) is 6.37. The molecule has 0 aromatic heterocycles. The Balaban J connectivity index is 1.45. The molecule has 2 atom stereocenters. The van der Waals surface area contributed by atoms with Gasteiger partial charge in [-0.25, -0.2) is 4.79 Å². The zero-order valence-corrected chi connectivity index (χ0v) is 26.1. The van der Waals surface area contributed by atoms with E-state index in [1.807, 2.05) is 37.8 Å². The minimum absolute atomic E-state index is 0.0364. The zero-order valence-electron chi connectivity index (χ0n) is 25.1. The number of nitrogens with one attached hydrogen (secondary N) is 1. The molecular weight excluding hydrogens is 528 g/mol. The van der Waals surface area contributed by atoms with E-state index in [1.54, 1.807) is 0 Å². The minimum atomic E-state index is -2.78. The van der Waals surface area contributed by atoms with E-state index in [0.717, 1.165) is 24.2 Å². The topological polar surface area (TPSA) is 67.9 Å². The first-order valence-corrected chi connectivity index (χ1v) is 16.5. The molecule has 6 nitrogen and oxygen atoms in total. The molecule has 2 aliphatic rings. The van der Waals surface area contributed by atoms with Crippen molar-refractivity contribution in [2.75, 3.05) is 6.54 Å². The lowest BCUT2D eigenvalue weighted by molar-refractivity contribution is -0.131. The summed E-state index contributed by atoms with van der Waals surface area (Å²) in [5.74, 6) is 0.784. The van der Waals surface area contributed by atoms with Crippen molar-refractivity contribution in [1.29, 1.82) is 0 Å². The molecule has 2 unspecified atom stereocenters. The summed E-state index contributed by atoms with van der Waals surface area (Å²) in [5.41, 5.74) is 1.78. The normalized spacial score (nSPS) is 19.2. The van der Waals surface area contributed by atoms with Crippen LogP contribution in [0.15, 0.2) is 78.9 Å². The molecule has 1 saturated heterocycles. The molecule has 1 aliphatic carbocycles. The third kappa shape index (κ3) is 5.78. The van der Waals surface area contributed by atoms with Gasteiger partial charge in [0.25, 0.3) is 0 Å². The number of hydrogen-bond acceptors (Lipinski definition) is 4. The van der Waals surface area contributed by atoms with E-state index >= 15 is 0 Å². The number of ether oxygens (including phenoxy) is 1. The van der Waals surface area contributed by atoms with Crippen molar-refractivity contribution in [3.8, 4) is 5.75 Å². The summed E-state index contributed by atoms with van der Waals surface area (Å²) in [6.07, 6.45) is 1.80. The number of amides is 2. The summed E-state index contributed by atoms with van der Waals surface area (Å²) in [7, 11) is -2.78. The fraction of sp³-hybridized carbons (Fsp3) is 0.412. The highest BCUT2D eigenvalue weighted by atomic mass is 28.4. The molecule has 1 N–H and O–H groups in total. The van der Waals surface area contributed by atoms with Crippen LogP contribution in [0.1, 0.15) is 71.6 Å². The van der Waals surface area contributed by atoms with Gasteiger partial charge in [0.05, 0.1) is 6.04 Å². The van der Waals surface area contributed by atoms with Crippen LogP contribution >= 0.6 is 0 Å². The molecule has 3 aromatic carbocycles. The Morgan fingerprint density at radius 2 is 1.49 bits per heavy atom. The van der Waals surface area contributed by atoms with Gasteiger partial charge >= 0.3 is 14.4 Å². The Labute approximate surface area is 245 Å². The Kier molecular flexibility index (Phi) is 7.77. The van der Waals surface area contributed by atoms with E-state index in [0.29, 0.717) is 13.0 Å². The van der Waals surface area contributed by atoms with Gasteiger partial charge in [0.1, 0.15) is 17.4 Å². The van der Waals surface area contributed by atoms with E-state index in [-0.39, 0.29) is 17.0 Å². The second kappa shape index (κ2) is 11.0. The van der Waals surface area contributed by atoms with E-state index in [2.05, 4.69) is 92.8 Å². The maximum absolute atomic E-state index is 13.4. The molecule has 7 heteroatoms. The van der Waals surface area contributed by atoms with Gasteiger partial charge in [0.2, 0.25) is 5.91 Å². The van der Waals surface area contributed by atoms with Crippen LogP contribution in [0.4, 0.5) is 4.79 Å². The third-order valence-electron chi connectivity index (χ3n) is 8.16. The van der Waals surface area contributed by atoms with Crippen LogP contribution in [0.2, 0.25) is 5.04 Å². The number of alkyl carbamates (subject to hydrolysis) is 1. The zero-order chi connectivity index (χ0) is 29.4. The second-order valence-corrected chi connectivity index (χ2v) is 17.4. The predicted octanol–water partition coefficient (Wildman–Crippen LogP) is 5.74. The summed E-state index contributed by atoms with van der Waals surface area (Å²) in [5, 5.41) is 5.08. The van der Waals surface area contributed by atoms with Gasteiger partial charge in [-0.1, -0.05) is 87.5 Å². The lowest BCUT2D eigenvalue weighted by atomic mass is 10.1. The van der Waals surface area contributed by atoms with E-state index in [1.165, 1.54) is 15.9 Å². The SMILES string of the molecule is CC(C)(C)OC(=O)NC1CCN(C2CCc3ccc(O[Si](c4ccccc4)(c4ccccc4)C(C)(C)C)cc32)C1=O. The quantitative estimate of drug-likeness (QED) is 0.384. The molecule has 0 radical (unpaired) electrons. The lowest BCUT2D eigenvalue weighted by Crippen LogP contribution is -2.68. The largest absolute Gasteiger partial charge is 0.534 e. The number of aryl methyl sites for hydroxylation is 1. The molecule has 1 heterocycles. The first kappa shape index (κ1) is 28.9. The van der Waals surface area contributed by atoms with Gasteiger partial charge in [-0.05, 0) is 78.7 Å². The second-order valence-electron chi connectivity index (χ2n) is 13.2. The van der Waals surface area contributed by atoms with Crippen LogP contribution in [-0.2, 0) is 16.0 Å². The van der Waals surface area contributed by atoms with E-state index in [9.17, 15) is 9.59 Å². The van der Waals surface area contributed by atoms with Crippen LogP contribution in [0, 0.1) is 0 Å². The van der Waals surface area contributed by atoms with Crippen LogP contribution in [0.5, 0.6) is 5.75 Å². The number of fused-ring (bicyclic) bond motifs is 1. The smallest absolute Gasteiger partial charge is 0.408 e. The number of rotatable bonds is 6. The van der Waals surface area contributed by atoms with Crippen LogP contribution in [0.3, 0.4) is 0 Å². The predicted molar refractivity (Wildman–Crippen MR) is 165 cm³/mol. The van der Waals surface area contributed by atoms with Gasteiger partial charge in [0, 0.05) is 6.54 Å². The molecule has 0 bridgehead atoms. The maximum Gasteiger partial charge on any atom is 0.408 e. The highest BCUT2D eigenvalue weighted by molar-refractivity contribution is 7.00. The van der Waals surface area contributed by atoms with Crippen LogP contribution < -0.4 is 20.1 Å². The van der Waals surface area contributed by atoms with Crippen molar-refractivity contribution in [3.05, 3.63) is 90.0 Å². The molecule has 216 valence electrons. The maximum atomic E-state index is 13.4. The van der Waals surface area contributed by atoms with E-state index < -0.39 is 26.1 Å². The number of likely N-dealkylation sites (tertiary alicyclic amines) is 1. The highest BCUT2D eigenvalue weighted by Crippen LogP contribution is 2.42. The van der Waals surface area contributed by atoms with Crippen LogP contribution in [-0.4, -0.2) is 43.4 Å². The Hall–Kier alpha value is -3.58. The van der Waals surface area contributed by atoms with Crippen molar-refractivity contribution in [2.45, 2.75) is 83.5 Å². The molecular formula is C34H42N2O4Si. The fourth-order valence-corrected chi connectivity index (χ4v) is 10.8. The van der Waals surface area contributed by atoms with Crippen molar-refractivity contribution >= 4 is 30.7 Å². The molecule has 0 spiro atoms. The molecule has 2 amide bonds. The molecule has 0 saturated carbocycles. The van der Waals surface area contributed by atoms with Crippen LogP contribution in [0.25, 0.3) is 0 Å². The van der Waals surface area contributed by atoms with Crippen molar-refractivity contribution in [1.82, 2.24) is 10.2 Å². The number of nitrogens with zero attached hydrogens (tertiary/aromatic N) is 1. The van der Waals surface area contributed by atoms with Gasteiger partial charge in [0.15, 0.2) is 0 Å². The monoisotopic (exact) mass is 570 g/mol. The van der Waals surface area contributed by atoms with Gasteiger partial charge in [-0.2, -0.15) is 0 Å². The first-order valence-electron chi connectivity index (χ1n) is 14.6. The Morgan fingerprint density at radius 1 is 0.878 bits per heavy atom. The molecule has 41 heavy (non-hydrogen) atoms. The average Bonchev–Trinajstić information content (AvgIpc) is 3.49. The molecule has 1 aliphatic heterocycles. The van der Waals surface area contributed by atoms with E-state index in [4.69, 9.17) is 9.16 Å². The lowest BCUT2D eigenvalue weighted by Gasteiger charge is -2.43. The van der Waals surface area contributed by atoms with Crippen molar-refractivity contribution in [2.24, 2.45) is 0 Å². The Bertz CT molecular complexity index is 1360. The van der Waals surface area contributed by atoms with Gasteiger partial charge < -0.3 is 19.4 Å². The number of carbonyl (C=O) groups is 2. The molecule has 3 aromatic rings. The summed E-state index contributed by atoms with van der Waals surface area (Å²) in [6, 6.07) is 27.1. The summed E-state index contributed by atoms with van der Waals surface area (Å²) >= 11 is 0. The van der Waals surface area contributed by atoms with Crippen molar-refractivity contribution in [3.63, 3.8) is 0 Å². The average molecular weight is 571 g/mol. The number of hydrogen-bond donors (Lipinski definition) is 1. The molecule has 5 rings (SSSR count). The summed E-state index contributed by atoms with van der Waals surface area (Å²) in [4.78, 5) is 27.7. The Morgan fingerprint density at radius 3 is 2.05 bits per heavy atom. The molecule has 1 fully saturated rings. The minimum Gasteiger partial charge on any atom is -0.534 e. The number of benzene rings is 3. The highest BCUT2D eigenvalue weighted by Gasteiger charge is 2.52. The standard InChI is InChI=1S/C34H42N2O4Si/c1-33(2,3)39-32(38)35-29-21-22-36(31(29)37)30-20-18-24-17-19-25(23-28(24)30)40-41(34(4,5)6,26-13-9-7-10-14-26)27-15-11-8-12-16-27/h7-17,19,23,29-30H,18,20-22H2,1-6H3,(H,35,38). The summed E-state index contributed by atoms with van der Waals surface area (Å²) < 4.78 is 12.7. The van der Waals surface area contributed by atoms with Gasteiger partial charge in [-0.15, -0.1) is 0 Å². The first-order chi connectivity index (χ1) is 19.4. The van der Waals surface area contributed by atoms with Crippen molar-refractivity contribution < 1.29 is 18.8 Å². The van der Waals surface area contributed by atoms with Gasteiger partial charge in [-0.3, -0.25) is 4.79 Å².